The number of anilines is 1. The van der Waals surface area contributed by atoms with Crippen molar-refractivity contribution in [2.45, 2.75) is 24.7 Å². The van der Waals surface area contributed by atoms with E-state index in [2.05, 4.69) is 5.32 Å². The van der Waals surface area contributed by atoms with Crippen LogP contribution in [-0.2, 0) is 19.1 Å². The maximum absolute atomic E-state index is 11.4. The number of carboxylic acid groups (broad SMARTS) is 1. The molecule has 0 unspecified atom stereocenters. The average molecular weight is 311 g/mol. The predicted octanol–water partition coefficient (Wildman–Crippen LogP) is 2.15. The second-order valence-corrected chi connectivity index (χ2v) is 5.11. The zero-order chi connectivity index (χ0) is 15.7. The zero-order valence-electron chi connectivity index (χ0n) is 11.6. The summed E-state index contributed by atoms with van der Waals surface area (Å²) in [5.41, 5.74) is 0.589. The second kappa shape index (κ2) is 9.02. The van der Waals surface area contributed by atoms with Crippen LogP contribution in [0.3, 0.4) is 0 Å². The number of thioether (sulfide) groups is 1. The summed E-state index contributed by atoms with van der Waals surface area (Å²) in [6, 6.07) is 6.95. The van der Waals surface area contributed by atoms with Crippen LogP contribution in [0.5, 0.6) is 0 Å². The van der Waals surface area contributed by atoms with Gasteiger partial charge in [-0.25, -0.2) is 0 Å². The molecule has 0 aliphatic rings. The van der Waals surface area contributed by atoms with Crippen LogP contribution in [0.1, 0.15) is 19.8 Å². The topological polar surface area (TPSA) is 92.7 Å². The summed E-state index contributed by atoms with van der Waals surface area (Å²) < 4.78 is 4.82. The van der Waals surface area contributed by atoms with Crippen LogP contribution >= 0.6 is 11.8 Å². The first-order chi connectivity index (χ1) is 10.0. The van der Waals surface area contributed by atoms with Crippen molar-refractivity contribution in [2.24, 2.45) is 0 Å². The van der Waals surface area contributed by atoms with Gasteiger partial charge in [-0.1, -0.05) is 0 Å². The summed E-state index contributed by atoms with van der Waals surface area (Å²) >= 11 is 1.35. The second-order valence-electron chi connectivity index (χ2n) is 4.06. The van der Waals surface area contributed by atoms with Crippen molar-refractivity contribution in [3.8, 4) is 0 Å². The quantitative estimate of drug-likeness (QED) is 0.564. The maximum atomic E-state index is 11.4. The van der Waals surface area contributed by atoms with Gasteiger partial charge in [0.2, 0.25) is 5.91 Å². The number of carbonyl (C=O) groups is 3. The average Bonchev–Trinajstić information content (AvgIpc) is 2.45. The minimum absolute atomic E-state index is 0.0608. The highest BCUT2D eigenvalue weighted by Gasteiger charge is 2.06. The number of ether oxygens (including phenoxy) is 1. The Balaban J connectivity index is 2.41. The fraction of sp³-hybridized carbons (Fsp3) is 0.357. The number of hydrogen-bond acceptors (Lipinski definition) is 5. The van der Waals surface area contributed by atoms with Gasteiger partial charge in [0, 0.05) is 17.0 Å². The lowest BCUT2D eigenvalue weighted by Gasteiger charge is -2.06. The van der Waals surface area contributed by atoms with Gasteiger partial charge in [0.1, 0.15) is 0 Å². The molecule has 0 aliphatic carbocycles. The Kier molecular flexibility index (Phi) is 7.31. The van der Waals surface area contributed by atoms with Gasteiger partial charge < -0.3 is 15.2 Å². The molecular formula is C14H17NO5S. The number of carboxylic acids is 1. The summed E-state index contributed by atoms with van der Waals surface area (Å²) in [6.45, 7) is 2.12. The third kappa shape index (κ3) is 7.36. The first-order valence-electron chi connectivity index (χ1n) is 6.41. The molecule has 0 heterocycles. The van der Waals surface area contributed by atoms with Crippen LogP contribution in [0.25, 0.3) is 0 Å². The van der Waals surface area contributed by atoms with E-state index in [9.17, 15) is 14.4 Å². The van der Waals surface area contributed by atoms with E-state index in [1.807, 2.05) is 0 Å². The van der Waals surface area contributed by atoms with Crippen LogP contribution in [0.2, 0.25) is 0 Å². The molecule has 114 valence electrons. The standard InChI is InChI=1S/C14H17NO5S/c1-2-20-14(19)9-21-11-5-3-10(4-6-11)15-12(16)7-8-13(17)18/h3-6H,2,7-9H2,1H3,(H,15,16)(H,17,18). The van der Waals surface area contributed by atoms with Crippen LogP contribution in [-0.4, -0.2) is 35.3 Å². The first-order valence-corrected chi connectivity index (χ1v) is 7.40. The number of esters is 1. The van der Waals surface area contributed by atoms with E-state index >= 15 is 0 Å². The van der Waals surface area contributed by atoms with Gasteiger partial charge in [-0.15, -0.1) is 11.8 Å². The van der Waals surface area contributed by atoms with Crippen molar-refractivity contribution in [1.82, 2.24) is 0 Å². The number of aliphatic carboxylic acids is 1. The highest BCUT2D eigenvalue weighted by Crippen LogP contribution is 2.20. The normalized spacial score (nSPS) is 9.95. The Hall–Kier alpha value is -2.02. The van der Waals surface area contributed by atoms with Crippen LogP contribution < -0.4 is 5.32 Å². The van der Waals surface area contributed by atoms with E-state index < -0.39 is 5.97 Å². The number of rotatable bonds is 8. The Bertz CT molecular complexity index is 501. The predicted molar refractivity (Wildman–Crippen MR) is 79.3 cm³/mol. The molecule has 0 spiro atoms. The van der Waals surface area contributed by atoms with Gasteiger partial charge in [-0.3, -0.25) is 14.4 Å². The largest absolute Gasteiger partial charge is 0.481 e. The molecule has 1 aromatic carbocycles. The summed E-state index contributed by atoms with van der Waals surface area (Å²) in [4.78, 5) is 33.9. The lowest BCUT2D eigenvalue weighted by Crippen LogP contribution is -2.13. The molecule has 0 fully saturated rings. The van der Waals surface area contributed by atoms with Gasteiger partial charge in [0.25, 0.3) is 0 Å². The molecule has 0 saturated heterocycles. The molecule has 0 aliphatic heterocycles. The number of carbonyl (C=O) groups excluding carboxylic acids is 2. The molecule has 7 heteroatoms. The third-order valence-electron chi connectivity index (χ3n) is 2.37. The Morgan fingerprint density at radius 3 is 2.43 bits per heavy atom. The Morgan fingerprint density at radius 2 is 1.86 bits per heavy atom. The van der Waals surface area contributed by atoms with E-state index in [4.69, 9.17) is 9.84 Å². The molecule has 21 heavy (non-hydrogen) atoms. The molecule has 1 aromatic rings. The molecule has 0 aromatic heterocycles. The zero-order valence-corrected chi connectivity index (χ0v) is 12.4. The molecular weight excluding hydrogens is 294 g/mol. The summed E-state index contributed by atoms with van der Waals surface area (Å²) in [5.74, 6) is -1.38. The monoisotopic (exact) mass is 311 g/mol. The van der Waals surface area contributed by atoms with Gasteiger partial charge in [0.05, 0.1) is 18.8 Å². The minimum atomic E-state index is -1.00. The summed E-state index contributed by atoms with van der Waals surface area (Å²) in [6.07, 6.45) is -0.256. The van der Waals surface area contributed by atoms with E-state index in [0.717, 1.165) is 4.90 Å². The molecule has 0 bridgehead atoms. The van der Waals surface area contributed by atoms with Gasteiger partial charge >= 0.3 is 11.9 Å². The van der Waals surface area contributed by atoms with Crippen molar-refractivity contribution in [3.63, 3.8) is 0 Å². The Labute approximate surface area is 126 Å². The maximum Gasteiger partial charge on any atom is 0.316 e. The number of benzene rings is 1. The molecule has 0 radical (unpaired) electrons. The summed E-state index contributed by atoms with van der Waals surface area (Å²) in [7, 11) is 0. The van der Waals surface area contributed by atoms with Crippen molar-refractivity contribution < 1.29 is 24.2 Å². The highest BCUT2D eigenvalue weighted by atomic mass is 32.2. The summed E-state index contributed by atoms with van der Waals surface area (Å²) in [5, 5.41) is 11.1. The van der Waals surface area contributed by atoms with Crippen molar-refractivity contribution in [2.75, 3.05) is 17.7 Å². The van der Waals surface area contributed by atoms with Crippen LogP contribution in [0.4, 0.5) is 5.69 Å². The lowest BCUT2D eigenvalue weighted by molar-refractivity contribution is -0.140. The first kappa shape index (κ1) is 17.0. The number of hydrogen-bond donors (Lipinski definition) is 2. The number of amides is 1. The van der Waals surface area contributed by atoms with E-state index in [-0.39, 0.29) is 30.5 Å². The van der Waals surface area contributed by atoms with Crippen LogP contribution in [0.15, 0.2) is 29.2 Å². The van der Waals surface area contributed by atoms with Crippen molar-refractivity contribution in [1.29, 1.82) is 0 Å². The SMILES string of the molecule is CCOC(=O)CSc1ccc(NC(=O)CCC(=O)O)cc1. The van der Waals surface area contributed by atoms with Gasteiger partial charge in [-0.2, -0.15) is 0 Å². The lowest BCUT2D eigenvalue weighted by atomic mass is 10.2. The minimum Gasteiger partial charge on any atom is -0.481 e. The van der Waals surface area contributed by atoms with Gasteiger partial charge in [-0.05, 0) is 31.2 Å². The fourth-order valence-electron chi connectivity index (χ4n) is 1.42. The van der Waals surface area contributed by atoms with Crippen molar-refractivity contribution in [3.05, 3.63) is 24.3 Å². The smallest absolute Gasteiger partial charge is 0.316 e. The molecule has 6 nitrogen and oxygen atoms in total. The van der Waals surface area contributed by atoms with Crippen LogP contribution in [0, 0.1) is 0 Å². The van der Waals surface area contributed by atoms with Crippen molar-refractivity contribution >= 4 is 35.3 Å². The molecule has 1 amide bonds. The highest BCUT2D eigenvalue weighted by molar-refractivity contribution is 8.00. The number of nitrogens with one attached hydrogen (secondary N) is 1. The van der Waals surface area contributed by atoms with Gasteiger partial charge in [0.15, 0.2) is 0 Å². The van der Waals surface area contributed by atoms with E-state index in [1.165, 1.54) is 11.8 Å². The van der Waals surface area contributed by atoms with E-state index in [0.29, 0.717) is 12.3 Å². The molecule has 0 atom stereocenters. The van der Waals surface area contributed by atoms with E-state index in [1.54, 1.807) is 31.2 Å². The Morgan fingerprint density at radius 1 is 1.19 bits per heavy atom. The fourth-order valence-corrected chi connectivity index (χ4v) is 2.12. The molecule has 2 N–H and O–H groups in total. The third-order valence-corrected chi connectivity index (χ3v) is 3.35. The molecule has 0 saturated carbocycles. The molecule has 1 rings (SSSR count).